The molecule has 0 aromatic rings. The van der Waals surface area contributed by atoms with Crippen LogP contribution in [0.2, 0.25) is 0 Å². The van der Waals surface area contributed by atoms with Gasteiger partial charge in [0, 0.05) is 56.6 Å². The zero-order chi connectivity index (χ0) is 15.0. The number of carbonyl (C=O) groups excluding carboxylic acids is 1. The van der Waals surface area contributed by atoms with Crippen molar-refractivity contribution in [3.63, 3.8) is 0 Å². The predicted molar refractivity (Wildman–Crippen MR) is 80.1 cm³/mol. The van der Waals surface area contributed by atoms with Crippen molar-refractivity contribution in [2.75, 3.05) is 37.7 Å². The topological polar surface area (TPSA) is 35.6 Å². The second-order valence-electron chi connectivity index (χ2n) is 4.10. The summed E-state index contributed by atoms with van der Waals surface area (Å²) < 4.78 is 39.9. The van der Waals surface area contributed by atoms with Gasteiger partial charge < -0.3 is 4.90 Å². The van der Waals surface area contributed by atoms with E-state index >= 15 is 0 Å². The molecule has 0 aromatic heterocycles. The molecule has 1 amide bonds. The molecule has 4 nitrogen and oxygen atoms in total. The zero-order valence-electron chi connectivity index (χ0n) is 11.1. The summed E-state index contributed by atoms with van der Waals surface area (Å²) in [5.74, 6) is 1.63. The van der Waals surface area contributed by atoms with Gasteiger partial charge in [0.05, 0.1) is 0 Å². The fraction of sp³-hybridized carbons (Fsp3) is 0.900. The Balaban J connectivity index is 1.94. The number of alkyl halides is 3. The molecule has 118 valence electrons. The number of nitrogens with one attached hydrogen (secondary N) is 1. The summed E-state index contributed by atoms with van der Waals surface area (Å²) in [5.41, 5.74) is -4.22. The lowest BCUT2D eigenvalue weighted by molar-refractivity contribution is -0.129. The summed E-state index contributed by atoms with van der Waals surface area (Å²) in [6, 6.07) is 0. The van der Waals surface area contributed by atoms with Crippen molar-refractivity contribution < 1.29 is 18.0 Å². The molecule has 1 aliphatic heterocycles. The van der Waals surface area contributed by atoms with E-state index in [-0.39, 0.29) is 17.9 Å². The summed E-state index contributed by atoms with van der Waals surface area (Å²) in [4.78, 5) is 13.0. The second-order valence-corrected chi connectivity index (χ2v) is 7.31. The second kappa shape index (κ2) is 9.29. The maximum absolute atomic E-state index is 11.8. The molecule has 10 heteroatoms. The monoisotopic (exact) mass is 349 g/mol. The van der Waals surface area contributed by atoms with Gasteiger partial charge in [-0.15, -0.1) is 0 Å². The number of amides is 1. The van der Waals surface area contributed by atoms with Crippen LogP contribution in [0.3, 0.4) is 0 Å². The first-order valence-electron chi connectivity index (χ1n) is 6.13. The summed E-state index contributed by atoms with van der Waals surface area (Å²) in [6.45, 7) is 4.77. The van der Waals surface area contributed by atoms with Crippen LogP contribution < -0.4 is 4.13 Å². The highest BCUT2D eigenvalue weighted by Crippen LogP contribution is 2.29. The molecule has 1 heterocycles. The fourth-order valence-electron chi connectivity index (χ4n) is 1.58. The minimum Gasteiger partial charge on any atom is -0.340 e. The van der Waals surface area contributed by atoms with Gasteiger partial charge in [-0.2, -0.15) is 13.2 Å². The Labute approximate surface area is 130 Å². The summed E-state index contributed by atoms with van der Waals surface area (Å²) in [5, 5.41) is 0. The Hall–Kier alpha value is 0.230. The molecule has 20 heavy (non-hydrogen) atoms. The molecule has 0 aromatic carbocycles. The van der Waals surface area contributed by atoms with Crippen LogP contribution >= 0.6 is 35.8 Å². The first-order chi connectivity index (χ1) is 9.38. The standard InChI is InChI=1S/C10H18F3N3OS3/c1-9(17)15-3-5-16(6-4-15)19-8-2-7-18-14-20-10(11,12)13/h14H,2-8H2,1H3. The number of hydrogen-bond donors (Lipinski definition) is 1. The van der Waals surface area contributed by atoms with E-state index in [1.165, 1.54) is 0 Å². The van der Waals surface area contributed by atoms with Crippen molar-refractivity contribution in [1.82, 2.24) is 13.3 Å². The zero-order valence-corrected chi connectivity index (χ0v) is 13.6. The summed E-state index contributed by atoms with van der Waals surface area (Å²) in [6.07, 6.45) is 0.841. The normalized spacial score (nSPS) is 17.5. The highest BCUT2D eigenvalue weighted by Gasteiger charge is 2.28. The lowest BCUT2D eigenvalue weighted by atomic mass is 10.3. The smallest absolute Gasteiger partial charge is 0.340 e. The Morgan fingerprint density at radius 2 is 1.85 bits per heavy atom. The number of rotatable bonds is 7. The Morgan fingerprint density at radius 3 is 2.40 bits per heavy atom. The molecule has 1 fully saturated rings. The van der Waals surface area contributed by atoms with Gasteiger partial charge in [0.1, 0.15) is 0 Å². The van der Waals surface area contributed by atoms with E-state index in [1.807, 2.05) is 4.90 Å². The van der Waals surface area contributed by atoms with E-state index in [0.29, 0.717) is 5.75 Å². The molecule has 1 saturated heterocycles. The molecule has 1 aliphatic rings. The van der Waals surface area contributed by atoms with Crippen LogP contribution in [0.15, 0.2) is 0 Å². The number of halogens is 3. The van der Waals surface area contributed by atoms with Gasteiger partial charge in [-0.25, -0.2) is 8.43 Å². The quantitative estimate of drug-likeness (QED) is 0.562. The van der Waals surface area contributed by atoms with Crippen LogP contribution in [0.4, 0.5) is 13.2 Å². The molecule has 1 rings (SSSR count). The van der Waals surface area contributed by atoms with Gasteiger partial charge in [0.2, 0.25) is 5.91 Å². The third-order valence-electron chi connectivity index (χ3n) is 2.56. The Morgan fingerprint density at radius 1 is 1.20 bits per heavy atom. The third-order valence-corrected chi connectivity index (χ3v) is 5.30. The largest absolute Gasteiger partial charge is 0.456 e. The van der Waals surface area contributed by atoms with Crippen LogP contribution in [0, 0.1) is 0 Å². The van der Waals surface area contributed by atoms with Crippen molar-refractivity contribution in [2.45, 2.75) is 18.9 Å². The SMILES string of the molecule is CC(=O)N1CCN(SCCCSNSC(F)(F)F)CC1. The Bertz CT molecular complexity index is 299. The third kappa shape index (κ3) is 8.50. The molecule has 0 spiro atoms. The minimum atomic E-state index is -4.22. The first kappa shape index (κ1) is 18.3. The molecule has 1 N–H and O–H groups in total. The summed E-state index contributed by atoms with van der Waals surface area (Å²) in [7, 11) is 0. The van der Waals surface area contributed by atoms with E-state index in [2.05, 4.69) is 8.43 Å². The van der Waals surface area contributed by atoms with E-state index in [9.17, 15) is 18.0 Å². The van der Waals surface area contributed by atoms with Gasteiger partial charge >= 0.3 is 5.51 Å². The molecule has 0 bridgehead atoms. The fourth-order valence-corrected chi connectivity index (χ4v) is 3.95. The van der Waals surface area contributed by atoms with E-state index < -0.39 is 5.51 Å². The predicted octanol–water partition coefficient (Wildman–Crippen LogP) is 2.59. The van der Waals surface area contributed by atoms with Gasteiger partial charge in [0.15, 0.2) is 0 Å². The molecule has 0 unspecified atom stereocenters. The van der Waals surface area contributed by atoms with Crippen molar-refractivity contribution in [2.24, 2.45) is 0 Å². The van der Waals surface area contributed by atoms with Crippen molar-refractivity contribution in [1.29, 1.82) is 0 Å². The number of nitrogens with zero attached hydrogens (tertiary/aromatic N) is 2. The highest BCUT2D eigenvalue weighted by molar-refractivity contribution is 8.13. The maximum Gasteiger partial charge on any atom is 0.456 e. The highest BCUT2D eigenvalue weighted by atomic mass is 32.2. The molecule has 0 aliphatic carbocycles. The van der Waals surface area contributed by atoms with Gasteiger partial charge in [-0.1, -0.05) is 23.9 Å². The van der Waals surface area contributed by atoms with Crippen molar-refractivity contribution >= 4 is 41.8 Å². The van der Waals surface area contributed by atoms with Crippen molar-refractivity contribution in [3.8, 4) is 0 Å². The van der Waals surface area contributed by atoms with Crippen LogP contribution in [-0.4, -0.2) is 58.3 Å². The van der Waals surface area contributed by atoms with Crippen LogP contribution in [-0.2, 0) is 4.79 Å². The van der Waals surface area contributed by atoms with Crippen LogP contribution in [0.5, 0.6) is 0 Å². The molecule has 0 saturated carbocycles. The summed E-state index contributed by atoms with van der Waals surface area (Å²) >= 11 is 2.56. The Kier molecular flexibility index (Phi) is 8.49. The molecular formula is C10H18F3N3OS3. The van der Waals surface area contributed by atoms with E-state index in [4.69, 9.17) is 0 Å². The van der Waals surface area contributed by atoms with Crippen LogP contribution in [0.25, 0.3) is 0 Å². The molecule has 0 atom stereocenters. The van der Waals surface area contributed by atoms with Gasteiger partial charge in [-0.05, 0) is 6.42 Å². The van der Waals surface area contributed by atoms with Gasteiger partial charge in [0.25, 0.3) is 0 Å². The van der Waals surface area contributed by atoms with E-state index in [1.54, 1.807) is 18.9 Å². The van der Waals surface area contributed by atoms with Crippen molar-refractivity contribution in [3.05, 3.63) is 0 Å². The minimum absolute atomic E-state index is 0.110. The van der Waals surface area contributed by atoms with Gasteiger partial charge in [-0.3, -0.25) is 4.79 Å². The molecular weight excluding hydrogens is 331 g/mol. The van der Waals surface area contributed by atoms with E-state index in [0.717, 1.165) is 50.3 Å². The number of carbonyl (C=O) groups is 1. The average Bonchev–Trinajstić information content (AvgIpc) is 2.37. The van der Waals surface area contributed by atoms with Crippen LogP contribution in [0.1, 0.15) is 13.3 Å². The maximum atomic E-state index is 11.8. The average molecular weight is 349 g/mol. The lowest BCUT2D eigenvalue weighted by Gasteiger charge is -2.33. The number of hydrogen-bond acceptors (Lipinski definition) is 6. The number of piperazine rings is 1. The lowest BCUT2D eigenvalue weighted by Crippen LogP contribution is -2.45. The first-order valence-corrected chi connectivity index (χ1v) is 8.88. The molecule has 0 radical (unpaired) electrons.